The summed E-state index contributed by atoms with van der Waals surface area (Å²) in [4.78, 5) is 29.3. The Morgan fingerprint density at radius 3 is 2.74 bits per heavy atom. The number of nitrogens with one attached hydrogen (secondary N) is 1. The van der Waals surface area contributed by atoms with Crippen LogP contribution in [0.4, 0.5) is 0 Å². The smallest absolute Gasteiger partial charge is 0.317 e. The van der Waals surface area contributed by atoms with Crippen molar-refractivity contribution in [2.45, 2.75) is 37.8 Å². The first-order chi connectivity index (χ1) is 11.0. The van der Waals surface area contributed by atoms with Crippen molar-refractivity contribution < 1.29 is 14.7 Å². The van der Waals surface area contributed by atoms with E-state index in [0.29, 0.717) is 16.0 Å². The summed E-state index contributed by atoms with van der Waals surface area (Å²) in [6.07, 6.45) is 7.23. The van der Waals surface area contributed by atoms with Crippen molar-refractivity contribution in [3.8, 4) is 0 Å². The summed E-state index contributed by atoms with van der Waals surface area (Å²) in [7, 11) is 0. The predicted octanol–water partition coefficient (Wildman–Crippen LogP) is 1.90. The van der Waals surface area contributed by atoms with Crippen LogP contribution in [-0.2, 0) is 4.79 Å². The van der Waals surface area contributed by atoms with Crippen molar-refractivity contribution in [2.75, 3.05) is 13.1 Å². The first-order valence-electron chi connectivity index (χ1n) is 7.89. The van der Waals surface area contributed by atoms with E-state index >= 15 is 0 Å². The number of carbonyl (C=O) groups excluding carboxylic acids is 1. The summed E-state index contributed by atoms with van der Waals surface area (Å²) in [6, 6.07) is 2.06. The average Bonchev–Trinajstić information content (AvgIpc) is 3.25. The summed E-state index contributed by atoms with van der Waals surface area (Å²) in [5, 5.41) is 12.1. The first kappa shape index (κ1) is 16.4. The van der Waals surface area contributed by atoms with Crippen molar-refractivity contribution in [1.29, 1.82) is 0 Å². The van der Waals surface area contributed by atoms with Gasteiger partial charge in [0.05, 0.1) is 12.1 Å². The van der Waals surface area contributed by atoms with Gasteiger partial charge in [0.1, 0.15) is 0 Å². The molecule has 1 amide bonds. The fraction of sp³-hybridized carbons (Fsp3) is 0.562. The van der Waals surface area contributed by atoms with Gasteiger partial charge in [0.25, 0.3) is 5.91 Å². The van der Waals surface area contributed by atoms with E-state index in [0.717, 1.165) is 19.4 Å². The van der Waals surface area contributed by atoms with Crippen molar-refractivity contribution >= 4 is 27.8 Å². The average molecular weight is 382 g/mol. The summed E-state index contributed by atoms with van der Waals surface area (Å²) in [5.74, 6) is -0.232. The molecular formula is C16H20BrN3O3. The van der Waals surface area contributed by atoms with Crippen LogP contribution < -0.4 is 5.32 Å². The third-order valence-electron chi connectivity index (χ3n) is 4.51. The fourth-order valence-corrected chi connectivity index (χ4v) is 3.41. The molecule has 0 radical (unpaired) electrons. The highest BCUT2D eigenvalue weighted by molar-refractivity contribution is 9.10. The van der Waals surface area contributed by atoms with E-state index in [1.165, 1.54) is 12.8 Å². The van der Waals surface area contributed by atoms with Gasteiger partial charge >= 0.3 is 5.97 Å². The highest BCUT2D eigenvalue weighted by Crippen LogP contribution is 2.33. The molecule has 2 fully saturated rings. The van der Waals surface area contributed by atoms with Gasteiger partial charge in [-0.1, -0.05) is 0 Å². The van der Waals surface area contributed by atoms with E-state index in [4.69, 9.17) is 5.11 Å². The van der Waals surface area contributed by atoms with Crippen molar-refractivity contribution in [1.82, 2.24) is 15.2 Å². The number of hydrogen-bond donors (Lipinski definition) is 2. The third-order valence-corrected chi connectivity index (χ3v) is 5.14. The van der Waals surface area contributed by atoms with Crippen molar-refractivity contribution in [3.63, 3.8) is 0 Å². The van der Waals surface area contributed by atoms with Gasteiger partial charge in [-0.2, -0.15) is 0 Å². The lowest BCUT2D eigenvalue weighted by Crippen LogP contribution is -2.55. The Bertz CT molecular complexity index is 600. The molecule has 6 nitrogen and oxygen atoms in total. The lowest BCUT2D eigenvalue weighted by Gasteiger charge is -2.42. The highest BCUT2D eigenvalue weighted by Gasteiger charge is 2.37. The van der Waals surface area contributed by atoms with E-state index in [2.05, 4.69) is 31.1 Å². The number of carbonyl (C=O) groups is 2. The van der Waals surface area contributed by atoms with Crippen LogP contribution in [0.25, 0.3) is 0 Å². The molecule has 0 bridgehead atoms. The minimum atomic E-state index is -0.779. The standard InChI is InChI=1S/C16H20BrN3O3/c17-14-7-18-4-3-13(14)16(23)19-11-5-12(6-11)20(9-15(21)22)8-10-1-2-10/h3-4,7,10-12H,1-2,5-6,8-9H2,(H,19,23)(H,21,22). The molecule has 2 aliphatic rings. The molecule has 2 N–H and O–H groups in total. The molecule has 1 aromatic heterocycles. The molecule has 2 aliphatic carbocycles. The normalized spacial score (nSPS) is 23.4. The Morgan fingerprint density at radius 2 is 2.13 bits per heavy atom. The maximum atomic E-state index is 12.2. The Morgan fingerprint density at radius 1 is 1.39 bits per heavy atom. The Hall–Kier alpha value is -1.47. The molecule has 0 saturated heterocycles. The van der Waals surface area contributed by atoms with Gasteiger partial charge in [-0.05, 0) is 53.6 Å². The monoisotopic (exact) mass is 381 g/mol. The molecule has 1 heterocycles. The Balaban J connectivity index is 1.50. The lowest BCUT2D eigenvalue weighted by molar-refractivity contribution is -0.139. The number of aromatic nitrogens is 1. The third kappa shape index (κ3) is 4.29. The first-order valence-corrected chi connectivity index (χ1v) is 8.68. The minimum Gasteiger partial charge on any atom is -0.480 e. The molecule has 3 rings (SSSR count). The molecular weight excluding hydrogens is 362 g/mol. The van der Waals surface area contributed by atoms with Crippen LogP contribution in [0, 0.1) is 5.92 Å². The zero-order valence-corrected chi connectivity index (χ0v) is 14.3. The second-order valence-corrected chi connectivity index (χ2v) is 7.27. The van der Waals surface area contributed by atoms with Gasteiger partial charge in [-0.25, -0.2) is 0 Å². The van der Waals surface area contributed by atoms with Gasteiger partial charge in [0.15, 0.2) is 0 Å². The zero-order valence-electron chi connectivity index (χ0n) is 12.7. The van der Waals surface area contributed by atoms with Gasteiger partial charge in [-0.15, -0.1) is 0 Å². The number of hydrogen-bond acceptors (Lipinski definition) is 4. The summed E-state index contributed by atoms with van der Waals surface area (Å²) in [5.41, 5.74) is 0.573. The molecule has 124 valence electrons. The van der Waals surface area contributed by atoms with E-state index in [9.17, 15) is 9.59 Å². The summed E-state index contributed by atoms with van der Waals surface area (Å²) < 4.78 is 0.676. The topological polar surface area (TPSA) is 82.5 Å². The van der Waals surface area contributed by atoms with Crippen LogP contribution in [0.3, 0.4) is 0 Å². The van der Waals surface area contributed by atoms with Crippen molar-refractivity contribution in [3.05, 3.63) is 28.5 Å². The van der Waals surface area contributed by atoms with Crippen LogP contribution in [0.5, 0.6) is 0 Å². The highest BCUT2D eigenvalue weighted by atomic mass is 79.9. The van der Waals surface area contributed by atoms with E-state index < -0.39 is 5.97 Å². The number of rotatable bonds is 7. The Labute approximate surface area is 143 Å². The summed E-state index contributed by atoms with van der Waals surface area (Å²) >= 11 is 3.33. The van der Waals surface area contributed by atoms with Crippen molar-refractivity contribution in [2.24, 2.45) is 5.92 Å². The predicted molar refractivity (Wildman–Crippen MR) is 88.1 cm³/mol. The second kappa shape index (κ2) is 6.97. The molecule has 0 spiro atoms. The van der Waals surface area contributed by atoms with E-state index in [1.54, 1.807) is 18.5 Å². The molecule has 0 aromatic carbocycles. The molecule has 23 heavy (non-hydrogen) atoms. The number of halogens is 1. The van der Waals surface area contributed by atoms with Gasteiger partial charge in [0, 0.05) is 35.5 Å². The number of nitrogens with zero attached hydrogens (tertiary/aromatic N) is 2. The van der Waals surface area contributed by atoms with Gasteiger partial charge < -0.3 is 10.4 Å². The molecule has 0 atom stereocenters. The number of carboxylic acid groups (broad SMARTS) is 1. The molecule has 7 heteroatoms. The van der Waals surface area contributed by atoms with E-state index in [1.807, 2.05) is 0 Å². The lowest BCUT2D eigenvalue weighted by atomic mass is 9.85. The number of pyridine rings is 1. The zero-order chi connectivity index (χ0) is 16.4. The minimum absolute atomic E-state index is 0.0950. The molecule has 0 aliphatic heterocycles. The van der Waals surface area contributed by atoms with Crippen LogP contribution >= 0.6 is 15.9 Å². The number of aliphatic carboxylic acids is 1. The van der Waals surface area contributed by atoms with Crippen LogP contribution in [0.1, 0.15) is 36.0 Å². The maximum Gasteiger partial charge on any atom is 0.317 e. The van der Waals surface area contributed by atoms with Crippen LogP contribution in [-0.4, -0.2) is 52.0 Å². The quantitative estimate of drug-likeness (QED) is 0.753. The Kier molecular flexibility index (Phi) is 4.96. The van der Waals surface area contributed by atoms with Crippen LogP contribution in [0.15, 0.2) is 22.9 Å². The van der Waals surface area contributed by atoms with E-state index in [-0.39, 0.29) is 24.5 Å². The summed E-state index contributed by atoms with van der Waals surface area (Å²) in [6.45, 7) is 0.964. The fourth-order valence-electron chi connectivity index (χ4n) is 2.97. The van der Waals surface area contributed by atoms with Gasteiger partial charge in [-0.3, -0.25) is 19.5 Å². The largest absolute Gasteiger partial charge is 0.480 e. The molecule has 1 aromatic rings. The maximum absolute atomic E-state index is 12.2. The second-order valence-electron chi connectivity index (χ2n) is 6.42. The number of amides is 1. The van der Waals surface area contributed by atoms with Gasteiger partial charge in [0.2, 0.25) is 0 Å². The molecule has 0 unspecified atom stereocenters. The number of carboxylic acids is 1. The van der Waals surface area contributed by atoms with Crippen LogP contribution in [0.2, 0.25) is 0 Å². The molecule has 2 saturated carbocycles. The SMILES string of the molecule is O=C(O)CN(CC1CC1)C1CC(NC(=O)c2ccncc2Br)C1.